The maximum absolute atomic E-state index is 12.6. The molecule has 1 aromatic rings. The van der Waals surface area contributed by atoms with Gasteiger partial charge in [-0.3, -0.25) is 0 Å². The molecule has 6 heteroatoms. The minimum absolute atomic E-state index is 0.0243. The van der Waals surface area contributed by atoms with E-state index in [-0.39, 0.29) is 22.5 Å². The molecule has 0 heterocycles. The van der Waals surface area contributed by atoms with Crippen molar-refractivity contribution in [2.75, 3.05) is 0 Å². The molecule has 0 spiro atoms. The van der Waals surface area contributed by atoms with E-state index in [0.717, 1.165) is 24.8 Å². The van der Waals surface area contributed by atoms with E-state index in [0.29, 0.717) is 11.8 Å². The molecule has 3 N–H and O–H groups in total. The Labute approximate surface area is 132 Å². The fraction of sp³-hybridized carbons (Fsp3) is 0.600. The average Bonchev–Trinajstić information content (AvgIpc) is 2.42. The largest absolute Gasteiger partial charge is 0.326 e. The van der Waals surface area contributed by atoms with E-state index >= 15 is 0 Å². The van der Waals surface area contributed by atoms with Crippen molar-refractivity contribution in [2.24, 2.45) is 17.6 Å². The van der Waals surface area contributed by atoms with E-state index in [4.69, 9.17) is 17.3 Å². The van der Waals surface area contributed by atoms with E-state index < -0.39 is 10.0 Å². The first kappa shape index (κ1) is 16.7. The number of nitrogens with two attached hydrogens (primary N) is 1. The van der Waals surface area contributed by atoms with Gasteiger partial charge in [0.2, 0.25) is 10.0 Å². The van der Waals surface area contributed by atoms with Crippen molar-refractivity contribution in [2.45, 2.75) is 50.6 Å². The third-order valence-corrected chi connectivity index (χ3v) is 6.23. The second kappa shape index (κ2) is 6.65. The SMILES string of the molecule is CC1CCC(NS(=O)(=O)c2cc(CN)ccc2Cl)C(C)C1. The fourth-order valence-corrected chi connectivity index (χ4v) is 4.91. The third-order valence-electron chi connectivity index (χ3n) is 4.26. The molecule has 4 nitrogen and oxygen atoms in total. The second-order valence-corrected chi connectivity index (χ2v) is 8.18. The summed E-state index contributed by atoms with van der Waals surface area (Å²) < 4.78 is 28.0. The number of hydrogen-bond acceptors (Lipinski definition) is 3. The molecule has 2 rings (SSSR count). The van der Waals surface area contributed by atoms with Crippen molar-refractivity contribution in [1.29, 1.82) is 0 Å². The molecule has 1 aliphatic carbocycles. The number of sulfonamides is 1. The van der Waals surface area contributed by atoms with Gasteiger partial charge in [-0.05, 0) is 48.8 Å². The molecule has 1 aromatic carbocycles. The van der Waals surface area contributed by atoms with Crippen LogP contribution >= 0.6 is 11.6 Å². The van der Waals surface area contributed by atoms with Gasteiger partial charge >= 0.3 is 0 Å². The monoisotopic (exact) mass is 330 g/mol. The topological polar surface area (TPSA) is 72.2 Å². The summed E-state index contributed by atoms with van der Waals surface area (Å²) in [5.74, 6) is 0.991. The number of benzene rings is 1. The van der Waals surface area contributed by atoms with Crippen molar-refractivity contribution < 1.29 is 8.42 Å². The molecular formula is C15H23ClN2O2S. The zero-order valence-electron chi connectivity index (χ0n) is 12.5. The highest BCUT2D eigenvalue weighted by Gasteiger charge is 2.30. The smallest absolute Gasteiger partial charge is 0.242 e. The molecule has 118 valence electrons. The van der Waals surface area contributed by atoms with Gasteiger partial charge < -0.3 is 5.73 Å². The first-order valence-electron chi connectivity index (χ1n) is 7.34. The highest BCUT2D eigenvalue weighted by molar-refractivity contribution is 7.89. The zero-order valence-corrected chi connectivity index (χ0v) is 14.0. The Morgan fingerprint density at radius 1 is 1.33 bits per heavy atom. The van der Waals surface area contributed by atoms with Crippen LogP contribution in [-0.4, -0.2) is 14.5 Å². The maximum atomic E-state index is 12.6. The molecule has 0 bridgehead atoms. The summed E-state index contributed by atoms with van der Waals surface area (Å²) in [6, 6.07) is 4.86. The minimum Gasteiger partial charge on any atom is -0.326 e. The lowest BCUT2D eigenvalue weighted by Gasteiger charge is -2.33. The third kappa shape index (κ3) is 3.97. The summed E-state index contributed by atoms with van der Waals surface area (Å²) in [4.78, 5) is 0.123. The van der Waals surface area contributed by atoms with Crippen LogP contribution in [0.5, 0.6) is 0 Å². The molecule has 3 atom stereocenters. The summed E-state index contributed by atoms with van der Waals surface area (Å²) in [5, 5.41) is 0.233. The van der Waals surface area contributed by atoms with Gasteiger partial charge in [0, 0.05) is 12.6 Å². The van der Waals surface area contributed by atoms with Crippen LogP contribution in [0.25, 0.3) is 0 Å². The Balaban J connectivity index is 2.22. The average molecular weight is 331 g/mol. The van der Waals surface area contributed by atoms with Gasteiger partial charge in [0.1, 0.15) is 4.90 Å². The van der Waals surface area contributed by atoms with Crippen LogP contribution in [-0.2, 0) is 16.6 Å². The zero-order chi connectivity index (χ0) is 15.6. The van der Waals surface area contributed by atoms with E-state index in [1.165, 1.54) is 0 Å². The molecule has 1 aliphatic rings. The lowest BCUT2D eigenvalue weighted by Crippen LogP contribution is -2.42. The molecule has 0 amide bonds. The predicted octanol–water partition coefficient (Wildman–Crippen LogP) is 2.90. The van der Waals surface area contributed by atoms with Crippen molar-refractivity contribution in [1.82, 2.24) is 4.72 Å². The van der Waals surface area contributed by atoms with Crippen LogP contribution in [0.2, 0.25) is 5.02 Å². The summed E-state index contributed by atoms with van der Waals surface area (Å²) >= 11 is 6.05. The lowest BCUT2D eigenvalue weighted by molar-refractivity contribution is 0.249. The highest BCUT2D eigenvalue weighted by Crippen LogP contribution is 2.30. The van der Waals surface area contributed by atoms with Crippen LogP contribution in [0.4, 0.5) is 0 Å². The Hall–Kier alpha value is -0.620. The van der Waals surface area contributed by atoms with Crippen molar-refractivity contribution >= 4 is 21.6 Å². The van der Waals surface area contributed by atoms with Crippen LogP contribution < -0.4 is 10.5 Å². The minimum atomic E-state index is -3.61. The second-order valence-electron chi connectivity index (χ2n) is 6.09. The Morgan fingerprint density at radius 3 is 2.67 bits per heavy atom. The molecule has 3 unspecified atom stereocenters. The summed E-state index contributed by atoms with van der Waals surface area (Å²) in [7, 11) is -3.61. The van der Waals surface area contributed by atoms with Gasteiger partial charge in [0.25, 0.3) is 0 Å². The molecular weight excluding hydrogens is 308 g/mol. The van der Waals surface area contributed by atoms with Gasteiger partial charge in [0.15, 0.2) is 0 Å². The van der Waals surface area contributed by atoms with E-state index in [2.05, 4.69) is 18.6 Å². The predicted molar refractivity (Wildman–Crippen MR) is 85.6 cm³/mol. The number of nitrogens with one attached hydrogen (secondary N) is 1. The van der Waals surface area contributed by atoms with Crippen LogP contribution in [0.1, 0.15) is 38.7 Å². The Bertz CT molecular complexity index is 604. The van der Waals surface area contributed by atoms with Gasteiger partial charge in [-0.15, -0.1) is 0 Å². The summed E-state index contributed by atoms with van der Waals surface area (Å²) in [6.45, 7) is 4.60. The normalized spacial score (nSPS) is 26.8. The quantitative estimate of drug-likeness (QED) is 0.891. The van der Waals surface area contributed by atoms with E-state index in [9.17, 15) is 8.42 Å². The van der Waals surface area contributed by atoms with Gasteiger partial charge in [0.05, 0.1) is 5.02 Å². The van der Waals surface area contributed by atoms with Crippen LogP contribution in [0.15, 0.2) is 23.1 Å². The maximum Gasteiger partial charge on any atom is 0.242 e. The molecule has 1 fully saturated rings. The van der Waals surface area contributed by atoms with Crippen LogP contribution in [0.3, 0.4) is 0 Å². The van der Waals surface area contributed by atoms with Gasteiger partial charge in [-0.25, -0.2) is 13.1 Å². The Kier molecular flexibility index (Phi) is 5.30. The molecule has 0 radical (unpaired) electrons. The number of rotatable bonds is 4. The van der Waals surface area contributed by atoms with Crippen molar-refractivity contribution in [3.8, 4) is 0 Å². The van der Waals surface area contributed by atoms with Gasteiger partial charge in [-0.1, -0.05) is 31.5 Å². The molecule has 0 aliphatic heterocycles. The standard InChI is InChI=1S/C15H23ClN2O2S/c1-10-3-6-14(11(2)7-10)18-21(19,20)15-8-12(9-17)4-5-13(15)16/h4-5,8,10-11,14,18H,3,6-7,9,17H2,1-2H3. The fourth-order valence-electron chi connectivity index (χ4n) is 2.98. The Morgan fingerprint density at radius 2 is 2.05 bits per heavy atom. The van der Waals surface area contributed by atoms with E-state index in [1.54, 1.807) is 18.2 Å². The van der Waals surface area contributed by atoms with Gasteiger partial charge in [-0.2, -0.15) is 0 Å². The number of hydrogen-bond donors (Lipinski definition) is 2. The molecule has 0 aromatic heterocycles. The summed E-state index contributed by atoms with van der Waals surface area (Å²) in [6.07, 6.45) is 2.97. The van der Waals surface area contributed by atoms with Crippen LogP contribution in [0, 0.1) is 11.8 Å². The first-order valence-corrected chi connectivity index (χ1v) is 9.20. The summed E-state index contributed by atoms with van der Waals surface area (Å²) in [5.41, 5.74) is 6.33. The highest BCUT2D eigenvalue weighted by atomic mass is 35.5. The molecule has 21 heavy (non-hydrogen) atoms. The van der Waals surface area contributed by atoms with Crippen molar-refractivity contribution in [3.63, 3.8) is 0 Å². The number of halogens is 1. The first-order chi connectivity index (χ1) is 9.83. The van der Waals surface area contributed by atoms with Crippen molar-refractivity contribution in [3.05, 3.63) is 28.8 Å². The van der Waals surface area contributed by atoms with E-state index in [1.807, 2.05) is 0 Å². The molecule has 1 saturated carbocycles. The lowest BCUT2D eigenvalue weighted by atomic mass is 9.80. The molecule has 0 saturated heterocycles.